The lowest BCUT2D eigenvalue weighted by Gasteiger charge is -2.36. The minimum Gasteiger partial charge on any atom is -0.392 e. The van der Waals surface area contributed by atoms with Gasteiger partial charge in [0.2, 0.25) is 5.91 Å². The molecule has 16 heavy (non-hydrogen) atoms. The normalized spacial score (nSPS) is 26.2. The third kappa shape index (κ3) is 2.14. The molecule has 2 N–H and O–H groups in total. The summed E-state index contributed by atoms with van der Waals surface area (Å²) in [6, 6.07) is 9.83. The molecule has 1 heterocycles. The van der Waals surface area contributed by atoms with Crippen LogP contribution < -0.4 is 5.32 Å². The Bertz CT molecular complexity index is 398. The van der Waals surface area contributed by atoms with Crippen LogP contribution in [0.1, 0.15) is 12.5 Å². The Balaban J connectivity index is 2.01. The minimum absolute atomic E-state index is 0.0484. The highest BCUT2D eigenvalue weighted by molar-refractivity contribution is 5.87. The van der Waals surface area contributed by atoms with E-state index in [0.29, 0.717) is 0 Å². The van der Waals surface area contributed by atoms with E-state index in [1.54, 1.807) is 6.92 Å². The second-order valence-electron chi connectivity index (χ2n) is 4.07. The van der Waals surface area contributed by atoms with Crippen molar-refractivity contribution in [1.29, 1.82) is 0 Å². The van der Waals surface area contributed by atoms with Crippen molar-refractivity contribution >= 4 is 12.0 Å². The summed E-state index contributed by atoms with van der Waals surface area (Å²) in [5.74, 6) is -0.377. The molecule has 3 heteroatoms. The lowest BCUT2D eigenvalue weighted by molar-refractivity contribution is -0.138. The van der Waals surface area contributed by atoms with Gasteiger partial charge in [-0.2, -0.15) is 0 Å². The first-order valence-electron chi connectivity index (χ1n) is 5.40. The number of carbonyl (C=O) groups is 1. The number of aliphatic hydroxyl groups is 1. The van der Waals surface area contributed by atoms with Crippen LogP contribution >= 0.6 is 0 Å². The molecule has 3 atom stereocenters. The Labute approximate surface area is 94.8 Å². The zero-order chi connectivity index (χ0) is 11.5. The van der Waals surface area contributed by atoms with Gasteiger partial charge in [-0.3, -0.25) is 4.79 Å². The number of nitrogens with one attached hydrogen (secondary N) is 1. The standard InChI is InChI=1S/C13H15NO2/c1-9(15)12-11(14-13(12)16)8-7-10-5-3-2-4-6-10/h2-9,11-12,15H,1H3,(H,14,16)/b8-7+/t9-,11+,12+/m1/s1. The first kappa shape index (κ1) is 10.9. The van der Waals surface area contributed by atoms with Crippen molar-refractivity contribution in [2.24, 2.45) is 5.92 Å². The van der Waals surface area contributed by atoms with Crippen LogP contribution in [0, 0.1) is 5.92 Å². The number of carbonyl (C=O) groups excluding carboxylic acids is 1. The average Bonchev–Trinajstić information content (AvgIpc) is 2.24. The van der Waals surface area contributed by atoms with Crippen LogP contribution in [-0.4, -0.2) is 23.2 Å². The predicted octanol–water partition coefficient (Wildman–Crippen LogP) is 1.20. The summed E-state index contributed by atoms with van der Waals surface area (Å²) in [6.45, 7) is 1.65. The second-order valence-corrected chi connectivity index (χ2v) is 4.07. The number of benzene rings is 1. The van der Waals surface area contributed by atoms with E-state index in [1.807, 2.05) is 42.5 Å². The number of hydrogen-bond donors (Lipinski definition) is 2. The van der Waals surface area contributed by atoms with E-state index in [0.717, 1.165) is 5.56 Å². The second kappa shape index (κ2) is 4.49. The Hall–Kier alpha value is -1.61. The molecule has 0 aromatic heterocycles. The molecule has 0 bridgehead atoms. The molecular weight excluding hydrogens is 202 g/mol. The molecule has 1 aliphatic rings. The predicted molar refractivity (Wildman–Crippen MR) is 62.6 cm³/mol. The van der Waals surface area contributed by atoms with Crippen LogP contribution in [0.25, 0.3) is 6.08 Å². The summed E-state index contributed by atoms with van der Waals surface area (Å²) in [7, 11) is 0. The molecule has 0 unspecified atom stereocenters. The van der Waals surface area contributed by atoms with Crippen molar-refractivity contribution in [2.75, 3.05) is 0 Å². The van der Waals surface area contributed by atoms with Gasteiger partial charge in [0.15, 0.2) is 0 Å². The monoisotopic (exact) mass is 217 g/mol. The van der Waals surface area contributed by atoms with Crippen LogP contribution in [0.5, 0.6) is 0 Å². The molecule has 0 radical (unpaired) electrons. The van der Waals surface area contributed by atoms with Gasteiger partial charge in [-0.05, 0) is 12.5 Å². The number of β-lactam (4-membered cyclic amide) rings is 1. The zero-order valence-corrected chi connectivity index (χ0v) is 9.13. The summed E-state index contributed by atoms with van der Waals surface area (Å²) in [6.07, 6.45) is 3.28. The Morgan fingerprint density at radius 1 is 1.38 bits per heavy atom. The summed E-state index contributed by atoms with van der Waals surface area (Å²) in [5.41, 5.74) is 1.09. The molecule has 0 spiro atoms. The van der Waals surface area contributed by atoms with Crippen LogP contribution in [-0.2, 0) is 4.79 Å². The third-order valence-corrected chi connectivity index (χ3v) is 2.81. The SMILES string of the molecule is C[C@@H](O)[C@@H]1C(=O)N[C@H]1/C=C/c1ccccc1. The van der Waals surface area contributed by atoms with E-state index in [2.05, 4.69) is 5.32 Å². The highest BCUT2D eigenvalue weighted by Crippen LogP contribution is 2.21. The maximum atomic E-state index is 11.2. The van der Waals surface area contributed by atoms with Gasteiger partial charge in [-0.15, -0.1) is 0 Å². The molecule has 1 aliphatic heterocycles. The number of hydrogen-bond acceptors (Lipinski definition) is 2. The Kier molecular flexibility index (Phi) is 3.06. The van der Waals surface area contributed by atoms with Gasteiger partial charge >= 0.3 is 0 Å². The van der Waals surface area contributed by atoms with Crippen LogP contribution in [0.3, 0.4) is 0 Å². The third-order valence-electron chi connectivity index (χ3n) is 2.81. The van der Waals surface area contributed by atoms with Gasteiger partial charge in [0.25, 0.3) is 0 Å². The molecule has 1 saturated heterocycles. The van der Waals surface area contributed by atoms with Crippen molar-refractivity contribution in [3.8, 4) is 0 Å². The summed E-state index contributed by atoms with van der Waals surface area (Å²) < 4.78 is 0. The van der Waals surface area contributed by atoms with E-state index in [4.69, 9.17) is 0 Å². The molecule has 0 saturated carbocycles. The molecule has 1 amide bonds. The van der Waals surface area contributed by atoms with Gasteiger partial charge in [0.05, 0.1) is 18.1 Å². The van der Waals surface area contributed by atoms with Gasteiger partial charge in [-0.1, -0.05) is 42.5 Å². The summed E-state index contributed by atoms with van der Waals surface area (Å²) in [5, 5.41) is 12.2. The van der Waals surface area contributed by atoms with Gasteiger partial charge in [0, 0.05) is 0 Å². The number of rotatable bonds is 3. The van der Waals surface area contributed by atoms with Crippen molar-refractivity contribution in [3.63, 3.8) is 0 Å². The van der Waals surface area contributed by atoms with Gasteiger partial charge in [0.1, 0.15) is 0 Å². The quantitative estimate of drug-likeness (QED) is 0.747. The van der Waals surface area contributed by atoms with Crippen molar-refractivity contribution in [3.05, 3.63) is 42.0 Å². The Morgan fingerprint density at radius 3 is 2.62 bits per heavy atom. The number of amides is 1. The molecule has 0 aliphatic carbocycles. The van der Waals surface area contributed by atoms with Crippen molar-refractivity contribution in [1.82, 2.24) is 5.32 Å². The highest BCUT2D eigenvalue weighted by atomic mass is 16.3. The van der Waals surface area contributed by atoms with Crippen LogP contribution in [0.15, 0.2) is 36.4 Å². The lowest BCUT2D eigenvalue weighted by Crippen LogP contribution is -2.60. The molecular formula is C13H15NO2. The van der Waals surface area contributed by atoms with E-state index in [9.17, 15) is 9.90 Å². The largest absolute Gasteiger partial charge is 0.392 e. The first-order valence-corrected chi connectivity index (χ1v) is 5.40. The molecule has 84 valence electrons. The summed E-state index contributed by atoms with van der Waals surface area (Å²) >= 11 is 0. The molecule has 1 aromatic rings. The number of aliphatic hydroxyl groups excluding tert-OH is 1. The van der Waals surface area contributed by atoms with Gasteiger partial charge in [-0.25, -0.2) is 0 Å². The maximum Gasteiger partial charge on any atom is 0.228 e. The van der Waals surface area contributed by atoms with E-state index in [-0.39, 0.29) is 17.9 Å². The molecule has 3 nitrogen and oxygen atoms in total. The molecule has 1 aromatic carbocycles. The smallest absolute Gasteiger partial charge is 0.228 e. The van der Waals surface area contributed by atoms with E-state index in [1.165, 1.54) is 0 Å². The van der Waals surface area contributed by atoms with Crippen molar-refractivity contribution in [2.45, 2.75) is 19.1 Å². The van der Waals surface area contributed by atoms with Gasteiger partial charge < -0.3 is 10.4 Å². The molecule has 2 rings (SSSR count). The fourth-order valence-corrected chi connectivity index (χ4v) is 1.88. The van der Waals surface area contributed by atoms with E-state index >= 15 is 0 Å². The average molecular weight is 217 g/mol. The minimum atomic E-state index is -0.598. The maximum absolute atomic E-state index is 11.2. The lowest BCUT2D eigenvalue weighted by atomic mass is 9.85. The fraction of sp³-hybridized carbons (Fsp3) is 0.308. The highest BCUT2D eigenvalue weighted by Gasteiger charge is 2.40. The Morgan fingerprint density at radius 2 is 2.06 bits per heavy atom. The molecule has 1 fully saturated rings. The van der Waals surface area contributed by atoms with E-state index < -0.39 is 6.10 Å². The van der Waals surface area contributed by atoms with Crippen LogP contribution in [0.2, 0.25) is 0 Å². The topological polar surface area (TPSA) is 49.3 Å². The van der Waals surface area contributed by atoms with Crippen molar-refractivity contribution < 1.29 is 9.90 Å². The van der Waals surface area contributed by atoms with Crippen LogP contribution in [0.4, 0.5) is 0 Å². The zero-order valence-electron chi connectivity index (χ0n) is 9.13. The first-order chi connectivity index (χ1) is 7.68. The summed E-state index contributed by atoms with van der Waals surface area (Å²) in [4.78, 5) is 11.2. The fourth-order valence-electron chi connectivity index (χ4n) is 1.88.